The molecule has 0 aromatic carbocycles. The Hall–Kier alpha value is 1.10. The maximum absolute atomic E-state index is 8.06. The van der Waals surface area contributed by atoms with Gasteiger partial charge >= 0.3 is 43.4 Å². The average Bonchev–Trinajstić information content (AvgIpc) is 2.58. The summed E-state index contributed by atoms with van der Waals surface area (Å²) < 4.78 is 0. The summed E-state index contributed by atoms with van der Waals surface area (Å²) in [4.78, 5) is 0. The number of allylic oxidation sites excluding steroid dienone is 4. The first kappa shape index (κ1) is 57.4. The zero-order valence-corrected chi connectivity index (χ0v) is 39.6. The van der Waals surface area contributed by atoms with Crippen LogP contribution in [0.1, 0.15) is 68.2 Å². The number of rotatable bonds is 4. The molecule has 1 aliphatic rings. The molecule has 0 saturated heterocycles. The van der Waals surface area contributed by atoms with E-state index in [1.54, 1.807) is 55.4 Å². The predicted molar refractivity (Wildman–Crippen MR) is 199 cm³/mol. The molecule has 0 heterocycles. The molecule has 256 valence electrons. The van der Waals surface area contributed by atoms with Crippen LogP contribution in [0.2, 0.25) is 78.6 Å². The molecule has 0 radical (unpaired) electrons. The van der Waals surface area contributed by atoms with Gasteiger partial charge in [-0.25, -0.2) is 12.8 Å². The summed E-state index contributed by atoms with van der Waals surface area (Å²) in [5.74, 6) is 0. The fraction of sp³-hybridized carbons (Fsp3) is 0.765. The molecule has 4 nitrogen and oxygen atoms in total. The molecule has 1 saturated carbocycles. The van der Waals surface area contributed by atoms with Crippen molar-refractivity contribution in [1.29, 1.82) is 0 Å². The number of aliphatic hydroxyl groups excluding tert-OH is 4. The molecule has 0 aromatic rings. The van der Waals surface area contributed by atoms with Gasteiger partial charge in [-0.3, -0.25) is 0 Å². The van der Waals surface area contributed by atoms with Gasteiger partial charge < -0.3 is 65.5 Å². The van der Waals surface area contributed by atoms with Crippen molar-refractivity contribution in [2.45, 2.75) is 171 Å². The van der Waals surface area contributed by atoms with E-state index in [1.165, 1.54) is 22.3 Å². The van der Waals surface area contributed by atoms with E-state index in [0.29, 0.717) is 0 Å². The van der Waals surface area contributed by atoms with E-state index in [9.17, 15) is 0 Å². The summed E-state index contributed by atoms with van der Waals surface area (Å²) in [5.41, 5.74) is 21.4. The molecule has 4 N–H and O–H groups in total. The summed E-state index contributed by atoms with van der Waals surface area (Å²) >= 11 is 0. The van der Waals surface area contributed by atoms with Gasteiger partial charge in [0.15, 0.2) is 0 Å². The van der Waals surface area contributed by atoms with Gasteiger partial charge in [0.2, 0.25) is 0 Å². The number of hydrogen-bond donors (Lipinski definition) is 4. The summed E-state index contributed by atoms with van der Waals surface area (Å²) in [6.07, 6.45) is 1.32. The van der Waals surface area contributed by atoms with E-state index < -0.39 is 32.3 Å². The first-order chi connectivity index (χ1) is 18.3. The van der Waals surface area contributed by atoms with Gasteiger partial charge in [-0.2, -0.15) is 0 Å². The normalized spacial score (nSPS) is 17.5. The van der Waals surface area contributed by atoms with Crippen LogP contribution in [-0.4, -0.2) is 77.1 Å². The van der Waals surface area contributed by atoms with Crippen LogP contribution in [0, 0.1) is 22.8 Å². The monoisotopic (exact) mass is 752 g/mol. The van der Waals surface area contributed by atoms with Crippen LogP contribution >= 0.6 is 0 Å². The van der Waals surface area contributed by atoms with Crippen molar-refractivity contribution in [2.24, 2.45) is 0 Å². The molecule has 0 aliphatic heterocycles. The smallest absolute Gasteiger partial charge is 0.394 e. The maximum Gasteiger partial charge on any atom is 2.00 e. The molecule has 0 atom stereocenters. The second kappa shape index (κ2) is 27.0. The number of aliphatic hydroxyl groups is 4. The quantitative estimate of drug-likeness (QED) is 0.171. The molecule has 0 unspecified atom stereocenters. The molecule has 0 spiro atoms. The Morgan fingerprint density at radius 3 is 0.523 bits per heavy atom. The Morgan fingerprint density at radius 1 is 0.364 bits per heavy atom. The molecule has 0 aromatic heterocycles. The van der Waals surface area contributed by atoms with Crippen LogP contribution in [0.15, 0.2) is 22.3 Å². The van der Waals surface area contributed by atoms with Gasteiger partial charge in [-0.15, -0.1) is 0 Å². The topological polar surface area (TPSA) is 80.9 Å². The largest absolute Gasteiger partial charge is 2.00 e. The van der Waals surface area contributed by atoms with Crippen molar-refractivity contribution in [2.75, 3.05) is 0 Å². The average molecular weight is 753 g/mol. The minimum atomic E-state index is -1.40. The second-order valence-electron chi connectivity index (χ2n) is 16.1. The SMILES string of the molecule is CC(C)O.CC(C)O.CC(C)O.CC(C)O.C[Si](C)(C)[C-]=C1CC(=[C-][Si](C)(C)C)C(=[C-][Si](C)(C)C)CC1=[C-][Si](C)(C)C.[Ti+2].[Ti+2]. The molecular weight excluding hydrogens is 680 g/mol. The third-order valence-electron chi connectivity index (χ3n) is 3.54. The van der Waals surface area contributed by atoms with E-state index in [2.05, 4.69) is 101 Å². The molecule has 1 aliphatic carbocycles. The Balaban J connectivity index is -0.000000166. The Labute approximate surface area is 310 Å². The maximum atomic E-state index is 8.06. The van der Waals surface area contributed by atoms with Gasteiger partial charge in [-0.1, -0.05) is 78.6 Å². The number of hydrogen-bond acceptors (Lipinski definition) is 4. The Kier molecular flexibility index (Phi) is 35.2. The molecule has 1 fully saturated rings. The molecule has 10 heteroatoms. The van der Waals surface area contributed by atoms with Gasteiger partial charge in [-0.05, 0) is 87.7 Å². The van der Waals surface area contributed by atoms with E-state index in [1.807, 2.05) is 0 Å². The van der Waals surface area contributed by atoms with E-state index in [4.69, 9.17) is 20.4 Å². The van der Waals surface area contributed by atoms with Crippen molar-refractivity contribution in [3.63, 3.8) is 0 Å². The van der Waals surface area contributed by atoms with Crippen molar-refractivity contribution < 1.29 is 63.9 Å². The Bertz CT molecular complexity index is 688. The van der Waals surface area contributed by atoms with Crippen molar-refractivity contribution in [1.82, 2.24) is 0 Å². The van der Waals surface area contributed by atoms with Gasteiger partial charge in [0, 0.05) is 24.4 Å². The standard InChI is InChI=1S/C22H40Si4.4C3H8O.2Ti/c1-23(2,3)15-19-13-21(17-25(7,8)9)22(18-26(10,11)12)14-20(19)16-24(4,5)6;4*1-3(2)4;;/h13-14H2,1-12H3;4*3-4H,1-2H3;;/q-4;;;;;2*+2. The first-order valence-corrected chi connectivity index (χ1v) is 29.6. The first-order valence-electron chi connectivity index (χ1n) is 15.6. The third kappa shape index (κ3) is 55.5. The predicted octanol–water partition coefficient (Wildman–Crippen LogP) is 8.75. The van der Waals surface area contributed by atoms with Crippen molar-refractivity contribution in [3.8, 4) is 0 Å². The summed E-state index contributed by atoms with van der Waals surface area (Å²) in [7, 11) is -5.61. The summed E-state index contributed by atoms with van der Waals surface area (Å²) in [5, 5.41) is 32.2. The van der Waals surface area contributed by atoms with Crippen LogP contribution in [0.25, 0.3) is 0 Å². The summed E-state index contributed by atoms with van der Waals surface area (Å²) in [6, 6.07) is 0. The molecule has 44 heavy (non-hydrogen) atoms. The van der Waals surface area contributed by atoms with Gasteiger partial charge in [0.05, 0.1) is 0 Å². The van der Waals surface area contributed by atoms with E-state index in [0.717, 1.165) is 12.8 Å². The molecular formula is C34H72O4Si4Ti2. The summed E-state index contributed by atoms with van der Waals surface area (Å²) in [6.45, 7) is 42.4. The van der Waals surface area contributed by atoms with Crippen LogP contribution < -0.4 is 0 Å². The molecule has 1 rings (SSSR count). The Morgan fingerprint density at radius 2 is 0.455 bits per heavy atom. The zero-order valence-electron chi connectivity index (χ0n) is 32.5. The fourth-order valence-electron chi connectivity index (χ4n) is 3.07. The van der Waals surface area contributed by atoms with Crippen LogP contribution in [0.5, 0.6) is 0 Å². The van der Waals surface area contributed by atoms with Crippen LogP contribution in [0.4, 0.5) is 0 Å². The van der Waals surface area contributed by atoms with Gasteiger partial charge in [0.1, 0.15) is 0 Å². The minimum absolute atomic E-state index is 0. The molecule has 0 amide bonds. The third-order valence-corrected chi connectivity index (χ3v) is 7.75. The fourth-order valence-corrected chi connectivity index (χ4v) is 7.65. The van der Waals surface area contributed by atoms with Gasteiger partial charge in [0.25, 0.3) is 0 Å². The van der Waals surface area contributed by atoms with Crippen molar-refractivity contribution in [3.05, 3.63) is 45.1 Å². The van der Waals surface area contributed by atoms with Crippen LogP contribution in [0.3, 0.4) is 0 Å². The second-order valence-corrected chi connectivity index (χ2v) is 35.1. The van der Waals surface area contributed by atoms with Crippen LogP contribution in [-0.2, 0) is 43.4 Å². The molecule has 0 bridgehead atoms. The zero-order chi connectivity index (χ0) is 34.9. The van der Waals surface area contributed by atoms with E-state index >= 15 is 0 Å². The minimum Gasteiger partial charge on any atom is -0.394 e. The van der Waals surface area contributed by atoms with Crippen molar-refractivity contribution >= 4 is 32.3 Å². The van der Waals surface area contributed by atoms with E-state index in [-0.39, 0.29) is 67.9 Å².